The molecule has 1 amide bonds. The number of likely N-dealkylation sites (tertiary alicyclic amines) is 1. The normalized spacial score (nSPS) is 17.4. The van der Waals surface area contributed by atoms with Gasteiger partial charge in [-0.3, -0.25) is 4.79 Å². The molecule has 1 fully saturated rings. The van der Waals surface area contributed by atoms with E-state index >= 15 is 0 Å². The second kappa shape index (κ2) is 6.96. The van der Waals surface area contributed by atoms with Gasteiger partial charge in [0.2, 0.25) is 5.91 Å². The number of rotatable bonds is 4. The molecule has 1 heterocycles. The van der Waals surface area contributed by atoms with Crippen LogP contribution in [0.15, 0.2) is 35.2 Å². The minimum atomic E-state index is 0.239. The molecule has 0 atom stereocenters. The topological polar surface area (TPSA) is 23.6 Å². The first-order chi connectivity index (χ1) is 9.16. The van der Waals surface area contributed by atoms with Crippen molar-refractivity contribution in [3.05, 3.63) is 30.3 Å². The summed E-state index contributed by atoms with van der Waals surface area (Å²) in [4.78, 5) is 17.6. The predicted molar refractivity (Wildman–Crippen MR) is 80.5 cm³/mol. The molecule has 1 aromatic rings. The first kappa shape index (κ1) is 14.4. The number of amides is 1. The van der Waals surface area contributed by atoms with Crippen molar-refractivity contribution in [2.75, 3.05) is 32.9 Å². The number of piperidine rings is 1. The van der Waals surface area contributed by atoms with Crippen LogP contribution in [0.5, 0.6) is 0 Å². The minimum Gasteiger partial charge on any atom is -0.342 e. The summed E-state index contributed by atoms with van der Waals surface area (Å²) in [6.45, 7) is 2.18. The summed E-state index contributed by atoms with van der Waals surface area (Å²) in [5.74, 6) is 0.774. The van der Waals surface area contributed by atoms with Gasteiger partial charge in [-0.2, -0.15) is 0 Å². The number of hydrogen-bond acceptors (Lipinski definition) is 3. The summed E-state index contributed by atoms with van der Waals surface area (Å²) in [7, 11) is 4.09. The highest BCUT2D eigenvalue weighted by Crippen LogP contribution is 2.19. The maximum atomic E-state index is 12.2. The fourth-order valence-electron chi connectivity index (χ4n) is 2.35. The van der Waals surface area contributed by atoms with Gasteiger partial charge in [0, 0.05) is 18.0 Å². The Morgan fingerprint density at radius 3 is 2.58 bits per heavy atom. The number of carbonyl (C=O) groups is 1. The van der Waals surface area contributed by atoms with E-state index in [0.717, 1.165) is 30.8 Å². The highest BCUT2D eigenvalue weighted by molar-refractivity contribution is 8.00. The highest BCUT2D eigenvalue weighted by atomic mass is 32.2. The van der Waals surface area contributed by atoms with Crippen LogP contribution in [0, 0.1) is 0 Å². The largest absolute Gasteiger partial charge is 0.342 e. The number of benzene rings is 1. The van der Waals surface area contributed by atoms with Crippen LogP contribution < -0.4 is 0 Å². The molecule has 0 unspecified atom stereocenters. The molecule has 0 N–H and O–H groups in total. The summed E-state index contributed by atoms with van der Waals surface area (Å²) in [6, 6.07) is 10.5. The Morgan fingerprint density at radius 2 is 1.95 bits per heavy atom. The predicted octanol–water partition coefficient (Wildman–Crippen LogP) is 2.33. The summed E-state index contributed by atoms with van der Waals surface area (Å²) >= 11 is 1.62. The zero-order chi connectivity index (χ0) is 13.7. The molecule has 1 saturated heterocycles. The zero-order valence-corrected chi connectivity index (χ0v) is 12.5. The van der Waals surface area contributed by atoms with E-state index in [1.165, 1.54) is 0 Å². The quantitative estimate of drug-likeness (QED) is 0.790. The summed E-state index contributed by atoms with van der Waals surface area (Å²) in [5.41, 5.74) is 0. The molecule has 19 heavy (non-hydrogen) atoms. The molecule has 0 bridgehead atoms. The molecule has 1 aliphatic rings. The lowest BCUT2D eigenvalue weighted by Gasteiger charge is -2.35. The average Bonchev–Trinajstić information content (AvgIpc) is 2.46. The summed E-state index contributed by atoms with van der Waals surface area (Å²) < 4.78 is 0. The minimum absolute atomic E-state index is 0.239. The van der Waals surface area contributed by atoms with Crippen molar-refractivity contribution >= 4 is 17.7 Å². The van der Waals surface area contributed by atoms with E-state index in [1.54, 1.807) is 11.8 Å². The molecule has 0 aliphatic carbocycles. The van der Waals surface area contributed by atoms with Gasteiger partial charge in [-0.1, -0.05) is 18.2 Å². The van der Waals surface area contributed by atoms with E-state index in [4.69, 9.17) is 0 Å². The first-order valence-corrected chi connectivity index (χ1v) is 7.77. The van der Waals surface area contributed by atoms with E-state index in [9.17, 15) is 4.79 Å². The van der Waals surface area contributed by atoms with Crippen molar-refractivity contribution in [1.29, 1.82) is 0 Å². The van der Waals surface area contributed by atoms with Crippen molar-refractivity contribution in [1.82, 2.24) is 9.80 Å². The van der Waals surface area contributed by atoms with Crippen molar-refractivity contribution in [2.45, 2.75) is 23.8 Å². The fraction of sp³-hybridized carbons (Fsp3) is 0.533. The number of thioether (sulfide) groups is 1. The standard InChI is InChI=1S/C15H22N2OS/c1-16-10-8-13(9-11-16)17(2)15(18)12-19-14-6-4-3-5-7-14/h3-7,13H,8-12H2,1-2H3. The Kier molecular flexibility index (Phi) is 5.28. The average molecular weight is 278 g/mol. The lowest BCUT2D eigenvalue weighted by Crippen LogP contribution is -2.45. The number of hydrogen-bond donors (Lipinski definition) is 0. The summed E-state index contributed by atoms with van der Waals surface area (Å²) in [6.07, 6.45) is 2.18. The van der Waals surface area contributed by atoms with Crippen molar-refractivity contribution in [3.8, 4) is 0 Å². The molecule has 104 valence electrons. The molecule has 1 aromatic carbocycles. The van der Waals surface area contributed by atoms with Crippen LogP contribution in [0.4, 0.5) is 0 Å². The van der Waals surface area contributed by atoms with Crippen LogP contribution in [-0.2, 0) is 4.79 Å². The van der Waals surface area contributed by atoms with Crippen LogP contribution >= 0.6 is 11.8 Å². The Labute approximate surface area is 120 Å². The number of nitrogens with zero attached hydrogens (tertiary/aromatic N) is 2. The first-order valence-electron chi connectivity index (χ1n) is 6.79. The smallest absolute Gasteiger partial charge is 0.232 e. The third kappa shape index (κ3) is 4.25. The van der Waals surface area contributed by atoms with Crippen LogP contribution in [0.3, 0.4) is 0 Å². The maximum Gasteiger partial charge on any atom is 0.232 e. The van der Waals surface area contributed by atoms with Gasteiger partial charge in [-0.15, -0.1) is 11.8 Å². The molecule has 0 spiro atoms. The van der Waals surface area contributed by atoms with Crippen LogP contribution in [-0.4, -0.2) is 54.7 Å². The van der Waals surface area contributed by atoms with Gasteiger partial charge >= 0.3 is 0 Å². The van der Waals surface area contributed by atoms with Crippen molar-refractivity contribution < 1.29 is 4.79 Å². The molecule has 2 rings (SSSR count). The van der Waals surface area contributed by atoms with Gasteiger partial charge in [0.05, 0.1) is 5.75 Å². The van der Waals surface area contributed by atoms with Crippen LogP contribution in [0.25, 0.3) is 0 Å². The Bertz CT molecular complexity index is 402. The van der Waals surface area contributed by atoms with E-state index in [-0.39, 0.29) is 5.91 Å². The SMILES string of the molecule is CN1CCC(N(C)C(=O)CSc2ccccc2)CC1. The highest BCUT2D eigenvalue weighted by Gasteiger charge is 2.23. The Hall–Kier alpha value is -1.00. The molecule has 0 radical (unpaired) electrons. The lowest BCUT2D eigenvalue weighted by molar-refractivity contribution is -0.129. The molecular formula is C15H22N2OS. The molecule has 4 heteroatoms. The number of carbonyl (C=O) groups excluding carboxylic acids is 1. The van der Waals surface area contributed by atoms with Gasteiger partial charge in [0.25, 0.3) is 0 Å². The molecule has 0 aromatic heterocycles. The fourth-order valence-corrected chi connectivity index (χ4v) is 3.19. The Balaban J connectivity index is 1.79. The zero-order valence-electron chi connectivity index (χ0n) is 11.7. The molecule has 3 nitrogen and oxygen atoms in total. The van der Waals surface area contributed by atoms with Crippen molar-refractivity contribution in [2.24, 2.45) is 0 Å². The second-order valence-electron chi connectivity index (χ2n) is 5.14. The summed E-state index contributed by atoms with van der Waals surface area (Å²) in [5, 5.41) is 0. The second-order valence-corrected chi connectivity index (χ2v) is 6.19. The molecule has 0 saturated carbocycles. The van der Waals surface area contributed by atoms with E-state index < -0.39 is 0 Å². The molecule has 1 aliphatic heterocycles. The van der Waals surface area contributed by atoms with Gasteiger partial charge in [0.15, 0.2) is 0 Å². The van der Waals surface area contributed by atoms with Crippen LogP contribution in [0.1, 0.15) is 12.8 Å². The Morgan fingerprint density at radius 1 is 1.32 bits per heavy atom. The third-order valence-corrected chi connectivity index (χ3v) is 4.73. The molecular weight excluding hydrogens is 256 g/mol. The van der Waals surface area contributed by atoms with Crippen molar-refractivity contribution in [3.63, 3.8) is 0 Å². The van der Waals surface area contributed by atoms with E-state index in [1.807, 2.05) is 42.3 Å². The third-order valence-electron chi connectivity index (χ3n) is 3.73. The van der Waals surface area contributed by atoms with Gasteiger partial charge in [-0.05, 0) is 45.1 Å². The van der Waals surface area contributed by atoms with Gasteiger partial charge in [0.1, 0.15) is 0 Å². The van der Waals surface area contributed by atoms with Crippen LogP contribution in [0.2, 0.25) is 0 Å². The van der Waals surface area contributed by atoms with Gasteiger partial charge in [-0.25, -0.2) is 0 Å². The lowest BCUT2D eigenvalue weighted by atomic mass is 10.0. The monoisotopic (exact) mass is 278 g/mol. The maximum absolute atomic E-state index is 12.2. The van der Waals surface area contributed by atoms with E-state index in [2.05, 4.69) is 11.9 Å². The van der Waals surface area contributed by atoms with E-state index in [0.29, 0.717) is 11.8 Å². The van der Waals surface area contributed by atoms with Gasteiger partial charge < -0.3 is 9.80 Å².